The second kappa shape index (κ2) is 10.5. The molecule has 8 nitrogen and oxygen atoms in total. The first-order chi connectivity index (χ1) is 16.9. The average Bonchev–Trinajstić information content (AvgIpc) is 3.16. The van der Waals surface area contributed by atoms with Gasteiger partial charge in [0, 0.05) is 22.6 Å². The summed E-state index contributed by atoms with van der Waals surface area (Å²) >= 11 is 1.32. The molecule has 3 aromatic rings. The number of methoxy groups -OCH3 is 3. The van der Waals surface area contributed by atoms with Crippen LogP contribution in [-0.2, 0) is 9.59 Å². The lowest BCUT2D eigenvalue weighted by Gasteiger charge is -2.15. The van der Waals surface area contributed by atoms with Crippen LogP contribution in [-0.4, -0.2) is 44.3 Å². The molecule has 0 aromatic heterocycles. The van der Waals surface area contributed by atoms with E-state index in [1.165, 1.54) is 30.9 Å². The number of anilines is 2. The molecule has 9 heteroatoms. The Labute approximate surface area is 207 Å². The highest BCUT2D eigenvalue weighted by Crippen LogP contribution is 2.35. The fraction of sp³-hybridized carbons (Fsp3) is 0.192. The van der Waals surface area contributed by atoms with Gasteiger partial charge in [0.15, 0.2) is 11.5 Å². The zero-order valence-electron chi connectivity index (χ0n) is 19.4. The first kappa shape index (κ1) is 24.2. The van der Waals surface area contributed by atoms with Crippen molar-refractivity contribution in [3.05, 3.63) is 72.3 Å². The molecule has 0 spiro atoms. The van der Waals surface area contributed by atoms with Crippen LogP contribution in [0.5, 0.6) is 17.2 Å². The molecule has 1 atom stereocenters. The van der Waals surface area contributed by atoms with Crippen LogP contribution in [0.1, 0.15) is 16.8 Å². The van der Waals surface area contributed by atoms with Gasteiger partial charge >= 0.3 is 0 Å². The molecule has 0 aliphatic carbocycles. The molecule has 1 heterocycles. The van der Waals surface area contributed by atoms with Crippen molar-refractivity contribution in [2.75, 3.05) is 31.5 Å². The van der Waals surface area contributed by atoms with Crippen LogP contribution in [0.15, 0.2) is 71.6 Å². The number of hydrogen-bond acceptors (Lipinski definition) is 7. The quantitative estimate of drug-likeness (QED) is 0.466. The van der Waals surface area contributed by atoms with E-state index in [0.717, 1.165) is 4.90 Å². The Bertz CT molecular complexity index is 1240. The SMILES string of the molecule is COc1ccc(N2C(=O)CC(Sc3ccc(NC(=O)c4ccc(OC)c(OC)c4)cc3)C2=O)cc1. The first-order valence-corrected chi connectivity index (χ1v) is 11.6. The summed E-state index contributed by atoms with van der Waals surface area (Å²) in [4.78, 5) is 40.1. The minimum absolute atomic E-state index is 0.118. The zero-order chi connectivity index (χ0) is 24.9. The molecule has 1 fully saturated rings. The zero-order valence-corrected chi connectivity index (χ0v) is 20.3. The highest BCUT2D eigenvalue weighted by atomic mass is 32.2. The van der Waals surface area contributed by atoms with Crippen LogP contribution in [0.3, 0.4) is 0 Å². The Morgan fingerprint density at radius 2 is 1.57 bits per heavy atom. The molecule has 0 bridgehead atoms. The van der Waals surface area contributed by atoms with Gasteiger partial charge in [-0.2, -0.15) is 0 Å². The summed E-state index contributed by atoms with van der Waals surface area (Å²) in [5.74, 6) is 0.866. The molecule has 180 valence electrons. The average molecular weight is 493 g/mol. The normalized spacial score (nSPS) is 15.2. The van der Waals surface area contributed by atoms with Crippen LogP contribution < -0.4 is 24.4 Å². The molecular formula is C26H24N2O6S. The minimum Gasteiger partial charge on any atom is -0.497 e. The van der Waals surface area contributed by atoms with Crippen molar-refractivity contribution in [3.63, 3.8) is 0 Å². The predicted octanol–water partition coefficient (Wildman–Crippen LogP) is 4.39. The summed E-state index contributed by atoms with van der Waals surface area (Å²) in [6.07, 6.45) is 0.118. The summed E-state index contributed by atoms with van der Waals surface area (Å²) in [7, 11) is 4.60. The number of amides is 3. The fourth-order valence-corrected chi connectivity index (χ4v) is 4.71. The number of nitrogens with one attached hydrogen (secondary N) is 1. The maximum absolute atomic E-state index is 12.9. The first-order valence-electron chi connectivity index (χ1n) is 10.7. The number of rotatable bonds is 8. The summed E-state index contributed by atoms with van der Waals surface area (Å²) < 4.78 is 15.6. The van der Waals surface area contributed by atoms with E-state index in [1.807, 2.05) is 12.1 Å². The van der Waals surface area contributed by atoms with E-state index in [2.05, 4.69) is 5.32 Å². The third-order valence-electron chi connectivity index (χ3n) is 5.47. The van der Waals surface area contributed by atoms with Gasteiger partial charge in [0.1, 0.15) is 5.75 Å². The lowest BCUT2D eigenvalue weighted by Crippen LogP contribution is -2.31. The topological polar surface area (TPSA) is 94.2 Å². The largest absolute Gasteiger partial charge is 0.497 e. The molecule has 3 aromatic carbocycles. The van der Waals surface area contributed by atoms with E-state index < -0.39 is 5.25 Å². The standard InChI is InChI=1S/C26H24N2O6S/c1-32-19-9-7-18(8-10-19)28-24(29)15-23(26(28)31)35-20-11-5-17(6-12-20)27-25(30)16-4-13-21(33-2)22(14-16)34-3/h4-14,23H,15H2,1-3H3,(H,27,30). The number of carbonyl (C=O) groups is 3. The monoisotopic (exact) mass is 492 g/mol. The Balaban J connectivity index is 1.40. The third kappa shape index (κ3) is 5.25. The van der Waals surface area contributed by atoms with Crippen LogP contribution in [0.2, 0.25) is 0 Å². The number of carbonyl (C=O) groups excluding carboxylic acids is 3. The second-order valence-electron chi connectivity index (χ2n) is 7.62. The highest BCUT2D eigenvalue weighted by Gasteiger charge is 2.40. The van der Waals surface area contributed by atoms with Crippen molar-refractivity contribution in [3.8, 4) is 17.2 Å². The Morgan fingerprint density at radius 3 is 2.20 bits per heavy atom. The Morgan fingerprint density at radius 1 is 0.886 bits per heavy atom. The van der Waals surface area contributed by atoms with Gasteiger partial charge in [-0.25, -0.2) is 4.90 Å². The van der Waals surface area contributed by atoms with Gasteiger partial charge in [0.2, 0.25) is 11.8 Å². The van der Waals surface area contributed by atoms with Gasteiger partial charge in [0.05, 0.1) is 32.3 Å². The molecule has 0 saturated carbocycles. The maximum Gasteiger partial charge on any atom is 0.255 e. The van der Waals surface area contributed by atoms with E-state index >= 15 is 0 Å². The molecule has 1 saturated heterocycles. The summed E-state index contributed by atoms with van der Waals surface area (Å²) in [5, 5.41) is 2.32. The highest BCUT2D eigenvalue weighted by molar-refractivity contribution is 8.00. The molecule has 1 N–H and O–H groups in total. The third-order valence-corrected chi connectivity index (χ3v) is 6.67. The van der Waals surface area contributed by atoms with E-state index in [4.69, 9.17) is 14.2 Å². The van der Waals surface area contributed by atoms with Crippen LogP contribution in [0.4, 0.5) is 11.4 Å². The number of benzene rings is 3. The number of imide groups is 1. The van der Waals surface area contributed by atoms with Gasteiger partial charge in [-0.3, -0.25) is 14.4 Å². The summed E-state index contributed by atoms with van der Waals surface area (Å²) in [6, 6.07) is 18.9. The predicted molar refractivity (Wildman–Crippen MR) is 134 cm³/mol. The van der Waals surface area contributed by atoms with Crippen molar-refractivity contribution in [1.29, 1.82) is 0 Å². The van der Waals surface area contributed by atoms with Crippen LogP contribution in [0, 0.1) is 0 Å². The molecular weight excluding hydrogens is 468 g/mol. The molecule has 0 radical (unpaired) electrons. The van der Waals surface area contributed by atoms with Crippen molar-refractivity contribution in [2.45, 2.75) is 16.6 Å². The van der Waals surface area contributed by atoms with E-state index in [1.54, 1.807) is 61.7 Å². The number of ether oxygens (including phenoxy) is 3. The molecule has 35 heavy (non-hydrogen) atoms. The smallest absolute Gasteiger partial charge is 0.255 e. The number of thioether (sulfide) groups is 1. The Hall–Kier alpha value is -3.98. The maximum atomic E-state index is 12.9. The van der Waals surface area contributed by atoms with E-state index in [0.29, 0.717) is 34.2 Å². The summed E-state index contributed by atoms with van der Waals surface area (Å²) in [5.41, 5.74) is 1.55. The lowest BCUT2D eigenvalue weighted by molar-refractivity contribution is -0.121. The molecule has 4 rings (SSSR count). The van der Waals surface area contributed by atoms with Crippen LogP contribution >= 0.6 is 11.8 Å². The van der Waals surface area contributed by atoms with Crippen molar-refractivity contribution in [2.24, 2.45) is 0 Å². The lowest BCUT2D eigenvalue weighted by atomic mass is 10.2. The van der Waals surface area contributed by atoms with Crippen LogP contribution in [0.25, 0.3) is 0 Å². The summed E-state index contributed by atoms with van der Waals surface area (Å²) in [6.45, 7) is 0. The molecule has 1 aliphatic rings. The second-order valence-corrected chi connectivity index (χ2v) is 8.90. The van der Waals surface area contributed by atoms with Crippen molar-refractivity contribution < 1.29 is 28.6 Å². The van der Waals surface area contributed by atoms with Gasteiger partial charge < -0.3 is 19.5 Å². The number of hydrogen-bond donors (Lipinski definition) is 1. The van der Waals surface area contributed by atoms with Gasteiger partial charge in [-0.05, 0) is 66.7 Å². The molecule has 1 aliphatic heterocycles. The molecule has 1 unspecified atom stereocenters. The number of nitrogens with zero attached hydrogens (tertiary/aromatic N) is 1. The van der Waals surface area contributed by atoms with Gasteiger partial charge in [-0.15, -0.1) is 11.8 Å². The van der Waals surface area contributed by atoms with Crippen molar-refractivity contribution >= 4 is 40.9 Å². The Kier molecular flexibility index (Phi) is 7.26. The van der Waals surface area contributed by atoms with Gasteiger partial charge in [0.25, 0.3) is 5.91 Å². The van der Waals surface area contributed by atoms with Crippen molar-refractivity contribution in [1.82, 2.24) is 0 Å². The molecule has 3 amide bonds. The van der Waals surface area contributed by atoms with E-state index in [-0.39, 0.29) is 24.1 Å². The minimum atomic E-state index is -0.517. The van der Waals surface area contributed by atoms with Gasteiger partial charge in [-0.1, -0.05) is 0 Å². The van der Waals surface area contributed by atoms with E-state index in [9.17, 15) is 14.4 Å². The fourth-order valence-electron chi connectivity index (χ4n) is 3.66.